The van der Waals surface area contributed by atoms with E-state index in [2.05, 4.69) is 17.0 Å². The smallest absolute Gasteiger partial charge is 0.267 e. The van der Waals surface area contributed by atoms with Gasteiger partial charge in [-0.05, 0) is 18.2 Å². The standard InChI is InChI=1S/C16H17N3O3/c1-3-10-17-15(20)11-19-16(21)9-8-13(18-19)12-6-4-5-7-14(12)22-2/h3-9H,1,10-11H2,2H3,(H,17,20). The third-order valence-corrected chi connectivity index (χ3v) is 2.99. The molecule has 2 aromatic rings. The molecule has 6 heteroatoms. The van der Waals surface area contributed by atoms with E-state index < -0.39 is 0 Å². The van der Waals surface area contributed by atoms with Gasteiger partial charge in [0.15, 0.2) is 0 Å². The number of carbonyl (C=O) groups is 1. The number of ether oxygens (including phenoxy) is 1. The minimum Gasteiger partial charge on any atom is -0.496 e. The Morgan fingerprint density at radius 2 is 2.14 bits per heavy atom. The van der Waals surface area contributed by atoms with Crippen molar-refractivity contribution in [1.29, 1.82) is 0 Å². The number of amides is 1. The molecule has 1 aromatic carbocycles. The summed E-state index contributed by atoms with van der Waals surface area (Å²) in [5.74, 6) is 0.350. The molecule has 1 aromatic heterocycles. The fraction of sp³-hybridized carbons (Fsp3) is 0.188. The molecule has 1 heterocycles. The number of nitrogens with zero attached hydrogens (tertiary/aromatic N) is 2. The number of rotatable bonds is 6. The minimum atomic E-state index is -0.340. The Labute approximate surface area is 128 Å². The summed E-state index contributed by atoms with van der Waals surface area (Å²) in [4.78, 5) is 23.5. The van der Waals surface area contributed by atoms with Gasteiger partial charge in [0.1, 0.15) is 12.3 Å². The lowest BCUT2D eigenvalue weighted by Crippen LogP contribution is -2.33. The Hall–Kier alpha value is -2.89. The molecule has 0 aliphatic carbocycles. The van der Waals surface area contributed by atoms with Gasteiger partial charge in [-0.3, -0.25) is 9.59 Å². The Bertz CT molecular complexity index is 737. The van der Waals surface area contributed by atoms with Crippen LogP contribution in [0, 0.1) is 0 Å². The predicted molar refractivity (Wildman–Crippen MR) is 83.7 cm³/mol. The van der Waals surface area contributed by atoms with Crippen LogP contribution in [-0.4, -0.2) is 29.3 Å². The molecule has 6 nitrogen and oxygen atoms in total. The number of hydrogen-bond acceptors (Lipinski definition) is 4. The normalized spacial score (nSPS) is 10.0. The zero-order valence-electron chi connectivity index (χ0n) is 12.3. The maximum atomic E-state index is 11.8. The molecule has 2 rings (SSSR count). The zero-order chi connectivity index (χ0) is 15.9. The highest BCUT2D eigenvalue weighted by Gasteiger charge is 2.10. The van der Waals surface area contributed by atoms with Gasteiger partial charge in [0, 0.05) is 18.2 Å². The number of aromatic nitrogens is 2. The van der Waals surface area contributed by atoms with E-state index in [9.17, 15) is 9.59 Å². The highest BCUT2D eigenvalue weighted by atomic mass is 16.5. The summed E-state index contributed by atoms with van der Waals surface area (Å²) in [6, 6.07) is 10.3. The van der Waals surface area contributed by atoms with E-state index in [1.54, 1.807) is 19.3 Å². The first-order valence-electron chi connectivity index (χ1n) is 6.75. The van der Waals surface area contributed by atoms with Crippen LogP contribution in [-0.2, 0) is 11.3 Å². The molecule has 0 atom stereocenters. The van der Waals surface area contributed by atoms with Crippen molar-refractivity contribution in [2.24, 2.45) is 0 Å². The molecular weight excluding hydrogens is 282 g/mol. The van der Waals surface area contributed by atoms with Crippen molar-refractivity contribution in [2.75, 3.05) is 13.7 Å². The second kappa shape index (κ2) is 7.21. The van der Waals surface area contributed by atoms with E-state index in [1.807, 2.05) is 24.3 Å². The summed E-state index contributed by atoms with van der Waals surface area (Å²) in [6.07, 6.45) is 1.57. The van der Waals surface area contributed by atoms with Crippen LogP contribution in [0.3, 0.4) is 0 Å². The van der Waals surface area contributed by atoms with Gasteiger partial charge in [-0.2, -0.15) is 5.10 Å². The van der Waals surface area contributed by atoms with Crippen molar-refractivity contribution in [3.05, 3.63) is 59.4 Å². The summed E-state index contributed by atoms with van der Waals surface area (Å²) in [5.41, 5.74) is 0.978. The van der Waals surface area contributed by atoms with Crippen LogP contribution >= 0.6 is 0 Å². The molecule has 0 saturated heterocycles. The van der Waals surface area contributed by atoms with Crippen LogP contribution in [0.15, 0.2) is 53.8 Å². The molecule has 114 valence electrons. The fourth-order valence-electron chi connectivity index (χ4n) is 1.94. The van der Waals surface area contributed by atoms with E-state index in [-0.39, 0.29) is 18.0 Å². The summed E-state index contributed by atoms with van der Waals surface area (Å²) < 4.78 is 6.41. The fourth-order valence-corrected chi connectivity index (χ4v) is 1.94. The molecule has 0 spiro atoms. The first-order chi connectivity index (χ1) is 10.7. The highest BCUT2D eigenvalue weighted by molar-refractivity contribution is 5.75. The van der Waals surface area contributed by atoms with Crippen molar-refractivity contribution in [1.82, 2.24) is 15.1 Å². The Morgan fingerprint density at radius 3 is 2.86 bits per heavy atom. The summed E-state index contributed by atoms with van der Waals surface area (Å²) in [6.45, 7) is 3.72. The zero-order valence-corrected chi connectivity index (χ0v) is 12.3. The first-order valence-corrected chi connectivity index (χ1v) is 6.75. The summed E-state index contributed by atoms with van der Waals surface area (Å²) >= 11 is 0. The lowest BCUT2D eigenvalue weighted by atomic mass is 10.1. The summed E-state index contributed by atoms with van der Waals surface area (Å²) in [7, 11) is 1.57. The maximum absolute atomic E-state index is 11.8. The molecule has 1 amide bonds. The van der Waals surface area contributed by atoms with Gasteiger partial charge in [-0.1, -0.05) is 18.2 Å². The van der Waals surface area contributed by atoms with Gasteiger partial charge in [0.05, 0.1) is 12.8 Å². The van der Waals surface area contributed by atoms with Crippen molar-refractivity contribution < 1.29 is 9.53 Å². The number of para-hydroxylation sites is 1. The highest BCUT2D eigenvalue weighted by Crippen LogP contribution is 2.26. The number of carbonyl (C=O) groups excluding carboxylic acids is 1. The second-order valence-electron chi connectivity index (χ2n) is 4.51. The quantitative estimate of drug-likeness (QED) is 0.814. The van der Waals surface area contributed by atoms with Crippen molar-refractivity contribution in [3.63, 3.8) is 0 Å². The van der Waals surface area contributed by atoms with Crippen LogP contribution in [0.2, 0.25) is 0 Å². The lowest BCUT2D eigenvalue weighted by Gasteiger charge is -2.10. The Balaban J connectivity index is 2.32. The third-order valence-electron chi connectivity index (χ3n) is 2.99. The van der Waals surface area contributed by atoms with E-state index in [4.69, 9.17) is 4.74 Å². The molecule has 0 bridgehead atoms. The van der Waals surface area contributed by atoms with E-state index in [1.165, 1.54) is 6.07 Å². The van der Waals surface area contributed by atoms with Crippen molar-refractivity contribution in [3.8, 4) is 17.0 Å². The van der Waals surface area contributed by atoms with Gasteiger partial charge in [-0.15, -0.1) is 6.58 Å². The van der Waals surface area contributed by atoms with Crippen molar-refractivity contribution >= 4 is 5.91 Å². The molecule has 0 fully saturated rings. The minimum absolute atomic E-state index is 0.143. The second-order valence-corrected chi connectivity index (χ2v) is 4.51. The molecular formula is C16H17N3O3. The van der Waals surface area contributed by atoms with E-state index >= 15 is 0 Å². The van der Waals surface area contributed by atoms with Crippen LogP contribution < -0.4 is 15.6 Å². The maximum Gasteiger partial charge on any atom is 0.267 e. The Morgan fingerprint density at radius 1 is 1.36 bits per heavy atom. The average Bonchev–Trinajstić information content (AvgIpc) is 2.55. The first kappa shape index (κ1) is 15.5. The largest absolute Gasteiger partial charge is 0.496 e. The predicted octanol–water partition coefficient (Wildman–Crippen LogP) is 1.22. The molecule has 0 saturated carbocycles. The SMILES string of the molecule is C=CCNC(=O)Cn1nc(-c2ccccc2OC)ccc1=O. The number of nitrogens with one attached hydrogen (secondary N) is 1. The molecule has 0 aliphatic heterocycles. The van der Waals surface area contributed by atoms with Crippen molar-refractivity contribution in [2.45, 2.75) is 6.54 Å². The van der Waals surface area contributed by atoms with Gasteiger partial charge < -0.3 is 10.1 Å². The molecule has 0 unspecified atom stereocenters. The van der Waals surface area contributed by atoms with Crippen LogP contribution in [0.25, 0.3) is 11.3 Å². The van der Waals surface area contributed by atoms with E-state index in [0.717, 1.165) is 10.2 Å². The molecule has 22 heavy (non-hydrogen) atoms. The Kier molecular flexibility index (Phi) is 5.08. The third kappa shape index (κ3) is 3.60. The van der Waals surface area contributed by atoms with Crippen LogP contribution in [0.5, 0.6) is 5.75 Å². The van der Waals surface area contributed by atoms with Gasteiger partial charge in [0.2, 0.25) is 5.91 Å². The average molecular weight is 299 g/mol. The number of benzene rings is 1. The monoisotopic (exact) mass is 299 g/mol. The summed E-state index contributed by atoms with van der Waals surface area (Å²) in [5, 5.41) is 6.85. The topological polar surface area (TPSA) is 73.2 Å². The number of hydrogen-bond donors (Lipinski definition) is 1. The molecule has 1 N–H and O–H groups in total. The molecule has 0 aliphatic rings. The lowest BCUT2D eigenvalue weighted by molar-refractivity contribution is -0.121. The molecule has 0 radical (unpaired) electrons. The van der Waals surface area contributed by atoms with Gasteiger partial charge in [0.25, 0.3) is 5.56 Å². The van der Waals surface area contributed by atoms with Crippen LogP contribution in [0.4, 0.5) is 0 Å². The van der Waals surface area contributed by atoms with Gasteiger partial charge >= 0.3 is 0 Å². The van der Waals surface area contributed by atoms with E-state index in [0.29, 0.717) is 18.0 Å². The number of methoxy groups -OCH3 is 1. The van der Waals surface area contributed by atoms with Crippen LogP contribution in [0.1, 0.15) is 0 Å². The van der Waals surface area contributed by atoms with Gasteiger partial charge in [-0.25, -0.2) is 4.68 Å².